The van der Waals surface area contributed by atoms with Crippen LogP contribution in [0.5, 0.6) is 23.0 Å². The van der Waals surface area contributed by atoms with Crippen molar-refractivity contribution in [1.29, 1.82) is 0 Å². The fourth-order valence-electron chi connectivity index (χ4n) is 4.72. The van der Waals surface area contributed by atoms with E-state index >= 15 is 0 Å². The molecule has 0 saturated heterocycles. The van der Waals surface area contributed by atoms with Crippen molar-refractivity contribution in [3.63, 3.8) is 0 Å². The average molecular weight is 508 g/mol. The molecule has 5 aromatic rings. The van der Waals surface area contributed by atoms with E-state index < -0.39 is 0 Å². The van der Waals surface area contributed by atoms with Gasteiger partial charge in [-0.2, -0.15) is 0 Å². The number of nitrogens with zero attached hydrogens (tertiary/aromatic N) is 4. The lowest BCUT2D eigenvalue weighted by molar-refractivity contribution is 0.171. The summed E-state index contributed by atoms with van der Waals surface area (Å²) in [4.78, 5) is 13.9. The van der Waals surface area contributed by atoms with Crippen molar-refractivity contribution in [2.75, 3.05) is 25.1 Å². The van der Waals surface area contributed by atoms with Crippen LogP contribution in [0.3, 0.4) is 0 Å². The Balaban J connectivity index is 1.34. The van der Waals surface area contributed by atoms with Crippen LogP contribution >= 0.6 is 0 Å². The van der Waals surface area contributed by atoms with E-state index in [0.29, 0.717) is 52.8 Å². The highest BCUT2D eigenvalue weighted by Crippen LogP contribution is 2.42. The Kier molecular flexibility index (Phi) is 5.28. The van der Waals surface area contributed by atoms with Crippen molar-refractivity contribution in [3.05, 3.63) is 67.0 Å². The van der Waals surface area contributed by atoms with Gasteiger partial charge in [-0.15, -0.1) is 0 Å². The molecule has 3 aromatic heterocycles. The van der Waals surface area contributed by atoms with Crippen molar-refractivity contribution >= 4 is 17.0 Å². The number of hydrogen-bond acceptors (Lipinski definition) is 8. The molecule has 0 atom stereocenters. The van der Waals surface area contributed by atoms with E-state index in [1.807, 2.05) is 47.0 Å². The number of benzene rings is 2. The first-order valence-corrected chi connectivity index (χ1v) is 12.6. The van der Waals surface area contributed by atoms with Gasteiger partial charge in [0.2, 0.25) is 0 Å². The highest BCUT2D eigenvalue weighted by Gasteiger charge is 2.23. The molecule has 9 nitrogen and oxygen atoms in total. The molecule has 1 saturated carbocycles. The van der Waals surface area contributed by atoms with Gasteiger partial charge in [0.05, 0.1) is 11.3 Å². The molecule has 9 heteroatoms. The Morgan fingerprint density at radius 2 is 1.74 bits per heavy atom. The Hall–Kier alpha value is -4.79. The number of ether oxygens (including phenoxy) is 2. The van der Waals surface area contributed by atoms with Gasteiger partial charge in [0.1, 0.15) is 36.0 Å². The van der Waals surface area contributed by atoms with E-state index in [0.717, 1.165) is 29.5 Å². The summed E-state index contributed by atoms with van der Waals surface area (Å²) in [5.41, 5.74) is 3.75. The van der Waals surface area contributed by atoms with Crippen LogP contribution in [0, 0.1) is 5.92 Å². The second-order valence-electron chi connectivity index (χ2n) is 9.59. The van der Waals surface area contributed by atoms with Crippen LogP contribution in [0.2, 0.25) is 0 Å². The zero-order valence-corrected chi connectivity index (χ0v) is 20.5. The summed E-state index contributed by atoms with van der Waals surface area (Å²) >= 11 is 0. The molecule has 0 amide bonds. The van der Waals surface area contributed by atoms with Crippen LogP contribution < -0.4 is 14.8 Å². The van der Waals surface area contributed by atoms with E-state index in [4.69, 9.17) is 14.5 Å². The summed E-state index contributed by atoms with van der Waals surface area (Å²) in [6.45, 7) is 1.89. The van der Waals surface area contributed by atoms with Crippen molar-refractivity contribution in [2.45, 2.75) is 12.8 Å². The number of imidazole rings is 1. The van der Waals surface area contributed by atoms with E-state index in [2.05, 4.69) is 15.3 Å². The Labute approximate surface area is 218 Å². The zero-order valence-electron chi connectivity index (χ0n) is 20.5. The first-order valence-electron chi connectivity index (χ1n) is 12.6. The molecule has 1 fully saturated rings. The van der Waals surface area contributed by atoms with Crippen LogP contribution in [0.15, 0.2) is 67.0 Å². The Morgan fingerprint density at radius 3 is 2.55 bits per heavy atom. The Morgan fingerprint density at radius 1 is 0.895 bits per heavy atom. The van der Waals surface area contributed by atoms with Crippen LogP contribution in [-0.4, -0.2) is 49.5 Å². The molecule has 0 spiro atoms. The lowest BCUT2D eigenvalue weighted by Crippen LogP contribution is -2.15. The number of hydrogen-bond donors (Lipinski definition) is 3. The number of phenolic OH excluding ortho intramolecular Hbond substituents is 2. The van der Waals surface area contributed by atoms with Crippen molar-refractivity contribution in [1.82, 2.24) is 19.5 Å². The maximum absolute atomic E-state index is 11.0. The molecule has 1 aliphatic heterocycles. The summed E-state index contributed by atoms with van der Waals surface area (Å²) in [6.07, 6.45) is 5.95. The number of aromatic nitrogens is 4. The fourth-order valence-corrected chi connectivity index (χ4v) is 4.72. The number of fused-ring (bicyclic) bond motifs is 2. The second kappa shape index (κ2) is 8.95. The summed E-state index contributed by atoms with van der Waals surface area (Å²) in [5, 5.41) is 25.1. The summed E-state index contributed by atoms with van der Waals surface area (Å²) in [6, 6.07) is 16.2. The highest BCUT2D eigenvalue weighted by molar-refractivity contribution is 5.85. The predicted molar refractivity (Wildman–Crippen MR) is 143 cm³/mol. The number of anilines is 1. The maximum Gasteiger partial charge on any atom is 0.164 e. The fraction of sp³-hybridized carbons (Fsp3) is 0.207. The van der Waals surface area contributed by atoms with Gasteiger partial charge in [0.25, 0.3) is 0 Å². The number of aromatic hydroxyl groups is 2. The molecule has 0 unspecified atom stereocenters. The molecule has 3 N–H and O–H groups in total. The van der Waals surface area contributed by atoms with Crippen LogP contribution in [0.4, 0.5) is 5.82 Å². The molecule has 38 heavy (non-hydrogen) atoms. The predicted octanol–water partition coefficient (Wildman–Crippen LogP) is 5.15. The normalized spacial score (nSPS) is 14.5. The zero-order chi connectivity index (χ0) is 25.6. The highest BCUT2D eigenvalue weighted by atomic mass is 16.6. The minimum Gasteiger partial charge on any atom is -0.507 e. The molecular weight excluding hydrogens is 482 g/mol. The van der Waals surface area contributed by atoms with E-state index in [1.54, 1.807) is 18.5 Å². The van der Waals surface area contributed by atoms with Gasteiger partial charge < -0.3 is 25.0 Å². The summed E-state index contributed by atoms with van der Waals surface area (Å²) in [5.74, 6) is 3.17. The standard InChI is InChI=1S/C29H25N5O4/c35-23-14-24(36)21(13-20(23)18-5-8-27(32-16-18)31-15-17-3-4-17)28-33-22-2-1-9-30-29(22)34(28)19-6-7-25-26(12-19)38-11-10-37-25/h1-2,5-9,12-14,16-17,35-36H,3-4,10-11,15H2,(H,31,32). The van der Waals surface area contributed by atoms with E-state index in [9.17, 15) is 10.2 Å². The van der Waals surface area contributed by atoms with E-state index in [1.165, 1.54) is 18.9 Å². The number of rotatable bonds is 6. The van der Waals surface area contributed by atoms with Crippen molar-refractivity contribution < 1.29 is 19.7 Å². The summed E-state index contributed by atoms with van der Waals surface area (Å²) < 4.78 is 13.4. The van der Waals surface area contributed by atoms with Gasteiger partial charge in [0.15, 0.2) is 23.0 Å². The molecular formula is C29H25N5O4. The number of phenols is 2. The van der Waals surface area contributed by atoms with Crippen LogP contribution in [0.25, 0.3) is 39.4 Å². The van der Waals surface area contributed by atoms with Crippen LogP contribution in [0.1, 0.15) is 12.8 Å². The maximum atomic E-state index is 11.0. The average Bonchev–Trinajstić information content (AvgIpc) is 3.70. The molecule has 2 aliphatic rings. The minimum atomic E-state index is -0.101. The molecule has 190 valence electrons. The third-order valence-corrected chi connectivity index (χ3v) is 6.90. The van der Waals surface area contributed by atoms with Crippen molar-refractivity contribution in [3.8, 4) is 51.2 Å². The SMILES string of the molecule is Oc1cc(O)c(-c2nc3cccnc3n2-c2ccc3c(c2)OCCO3)cc1-c1ccc(NCC2CC2)nc1. The van der Waals surface area contributed by atoms with Gasteiger partial charge >= 0.3 is 0 Å². The first kappa shape index (κ1) is 22.4. The molecule has 7 rings (SSSR count). The first-order chi connectivity index (χ1) is 18.6. The molecule has 4 heterocycles. The number of nitrogens with one attached hydrogen (secondary N) is 1. The van der Waals surface area contributed by atoms with Gasteiger partial charge in [-0.3, -0.25) is 4.57 Å². The lowest BCUT2D eigenvalue weighted by atomic mass is 10.0. The minimum absolute atomic E-state index is 0.0492. The third kappa shape index (κ3) is 4.02. The largest absolute Gasteiger partial charge is 0.507 e. The Bertz CT molecular complexity index is 1660. The smallest absolute Gasteiger partial charge is 0.164 e. The monoisotopic (exact) mass is 507 g/mol. The molecule has 0 radical (unpaired) electrons. The molecule has 0 bridgehead atoms. The van der Waals surface area contributed by atoms with E-state index in [-0.39, 0.29) is 11.5 Å². The van der Waals surface area contributed by atoms with Gasteiger partial charge in [0, 0.05) is 42.2 Å². The van der Waals surface area contributed by atoms with Crippen molar-refractivity contribution in [2.24, 2.45) is 5.92 Å². The quantitative estimate of drug-likeness (QED) is 0.289. The second-order valence-corrected chi connectivity index (χ2v) is 9.59. The number of pyridine rings is 2. The third-order valence-electron chi connectivity index (χ3n) is 6.90. The topological polar surface area (TPSA) is 115 Å². The van der Waals surface area contributed by atoms with Crippen LogP contribution in [-0.2, 0) is 0 Å². The molecule has 1 aliphatic carbocycles. The van der Waals surface area contributed by atoms with Gasteiger partial charge in [-0.05, 0) is 61.2 Å². The lowest BCUT2D eigenvalue weighted by Gasteiger charge is -2.19. The summed E-state index contributed by atoms with van der Waals surface area (Å²) in [7, 11) is 0. The molecule has 2 aromatic carbocycles. The van der Waals surface area contributed by atoms with Gasteiger partial charge in [-0.25, -0.2) is 15.0 Å². The van der Waals surface area contributed by atoms with Gasteiger partial charge in [-0.1, -0.05) is 0 Å².